The number of fused-ring (bicyclic) bond motifs is 4. The molecule has 2 bridgehead atoms. The van der Waals surface area contributed by atoms with E-state index in [0.29, 0.717) is 18.1 Å². The van der Waals surface area contributed by atoms with Gasteiger partial charge in [0.1, 0.15) is 11.5 Å². The summed E-state index contributed by atoms with van der Waals surface area (Å²) in [4.78, 5) is 12.7. The quantitative estimate of drug-likeness (QED) is 0.720. The minimum Gasteiger partial charge on any atom is -0.497 e. The highest BCUT2D eigenvalue weighted by Gasteiger charge is 2.53. The number of benzene rings is 1. The standard InChI is InChI=1S/C17H18O2/c1-19-15-5-3-12-10-17(16(18)8-13(12)7-15)9-11-2-4-14(17)6-11/h2-3,5,7,14H,4,6,8-10H2,1H3. The molecule has 0 amide bonds. The number of methoxy groups -OCH3 is 1. The lowest BCUT2D eigenvalue weighted by atomic mass is 9.63. The molecule has 1 aromatic carbocycles. The Bertz CT molecular complexity index is 599. The van der Waals surface area contributed by atoms with Crippen molar-refractivity contribution in [3.05, 3.63) is 41.0 Å². The Kier molecular flexibility index (Phi) is 2.21. The molecule has 3 aliphatic carbocycles. The molecule has 2 heteroatoms. The van der Waals surface area contributed by atoms with Crippen molar-refractivity contribution in [2.24, 2.45) is 11.3 Å². The highest BCUT2D eigenvalue weighted by molar-refractivity contribution is 5.90. The summed E-state index contributed by atoms with van der Waals surface area (Å²) in [6, 6.07) is 6.21. The van der Waals surface area contributed by atoms with Gasteiger partial charge in [0.2, 0.25) is 0 Å². The summed E-state index contributed by atoms with van der Waals surface area (Å²) in [5.41, 5.74) is 3.99. The monoisotopic (exact) mass is 254 g/mol. The predicted molar refractivity (Wildman–Crippen MR) is 73.3 cm³/mol. The first-order valence-corrected chi connectivity index (χ1v) is 7.08. The Labute approximate surface area is 113 Å². The van der Waals surface area contributed by atoms with Crippen LogP contribution in [0.15, 0.2) is 29.8 Å². The minimum absolute atomic E-state index is 0.0638. The third-order valence-corrected chi connectivity index (χ3v) is 5.35. The van der Waals surface area contributed by atoms with E-state index in [4.69, 9.17) is 4.74 Å². The van der Waals surface area contributed by atoms with E-state index in [1.165, 1.54) is 16.7 Å². The normalized spacial score (nSPS) is 31.5. The Balaban J connectivity index is 1.75. The van der Waals surface area contributed by atoms with Gasteiger partial charge in [-0.05, 0) is 54.9 Å². The van der Waals surface area contributed by atoms with Crippen molar-refractivity contribution in [2.75, 3.05) is 7.11 Å². The minimum atomic E-state index is -0.0638. The smallest absolute Gasteiger partial charge is 0.144 e. The van der Waals surface area contributed by atoms with Crippen LogP contribution in [0.3, 0.4) is 0 Å². The molecule has 1 aromatic rings. The van der Waals surface area contributed by atoms with E-state index in [-0.39, 0.29) is 5.41 Å². The van der Waals surface area contributed by atoms with Crippen LogP contribution < -0.4 is 4.74 Å². The Hall–Kier alpha value is -1.57. The van der Waals surface area contributed by atoms with Gasteiger partial charge in [-0.25, -0.2) is 0 Å². The van der Waals surface area contributed by atoms with Gasteiger partial charge in [-0.3, -0.25) is 4.79 Å². The van der Waals surface area contributed by atoms with Gasteiger partial charge in [-0.1, -0.05) is 17.7 Å². The molecule has 4 rings (SSSR count). The lowest BCUT2D eigenvalue weighted by Gasteiger charge is -2.39. The Morgan fingerprint density at radius 2 is 2.16 bits per heavy atom. The molecule has 0 radical (unpaired) electrons. The summed E-state index contributed by atoms with van der Waals surface area (Å²) in [6.45, 7) is 0. The van der Waals surface area contributed by atoms with Crippen LogP contribution in [0.5, 0.6) is 5.75 Å². The zero-order chi connectivity index (χ0) is 13.0. The average molecular weight is 254 g/mol. The number of hydrogen-bond donors (Lipinski definition) is 0. The van der Waals surface area contributed by atoms with E-state index in [1.54, 1.807) is 7.11 Å². The van der Waals surface area contributed by atoms with Crippen molar-refractivity contribution in [3.8, 4) is 5.75 Å². The van der Waals surface area contributed by atoms with Crippen molar-refractivity contribution >= 4 is 5.78 Å². The van der Waals surface area contributed by atoms with Crippen molar-refractivity contribution in [2.45, 2.75) is 32.1 Å². The van der Waals surface area contributed by atoms with Gasteiger partial charge in [0.05, 0.1) is 7.11 Å². The van der Waals surface area contributed by atoms with Gasteiger partial charge in [0.25, 0.3) is 0 Å². The molecule has 98 valence electrons. The molecule has 0 aliphatic heterocycles. The summed E-state index contributed by atoms with van der Waals surface area (Å²) >= 11 is 0. The predicted octanol–water partition coefficient (Wildman–Crippen LogP) is 3.09. The molecule has 0 N–H and O–H groups in total. The molecule has 0 saturated heterocycles. The molecular formula is C17H18O2. The van der Waals surface area contributed by atoms with Gasteiger partial charge in [-0.15, -0.1) is 0 Å². The molecule has 3 aliphatic rings. The van der Waals surface area contributed by atoms with Gasteiger partial charge >= 0.3 is 0 Å². The summed E-state index contributed by atoms with van der Waals surface area (Å²) in [5, 5.41) is 0. The topological polar surface area (TPSA) is 26.3 Å². The van der Waals surface area contributed by atoms with Crippen LogP contribution in [-0.2, 0) is 17.6 Å². The molecule has 2 unspecified atom stereocenters. The second-order valence-corrected chi connectivity index (χ2v) is 6.24. The van der Waals surface area contributed by atoms with Gasteiger partial charge in [-0.2, -0.15) is 0 Å². The van der Waals surface area contributed by atoms with E-state index >= 15 is 0 Å². The number of allylic oxidation sites excluding steroid dienone is 2. The third kappa shape index (κ3) is 1.46. The lowest BCUT2D eigenvalue weighted by Crippen LogP contribution is -2.42. The average Bonchev–Trinajstić information content (AvgIpc) is 3.01. The summed E-state index contributed by atoms with van der Waals surface area (Å²) in [6.07, 6.45) is 7.18. The number of ketones is 1. The van der Waals surface area contributed by atoms with Gasteiger partial charge in [0, 0.05) is 11.8 Å². The van der Waals surface area contributed by atoms with Crippen molar-refractivity contribution in [1.29, 1.82) is 0 Å². The number of ether oxygens (including phenoxy) is 1. The van der Waals surface area contributed by atoms with Crippen molar-refractivity contribution in [1.82, 2.24) is 0 Å². The number of carbonyl (C=O) groups excluding carboxylic acids is 1. The molecule has 0 aromatic heterocycles. The van der Waals surface area contributed by atoms with Gasteiger partial charge < -0.3 is 4.74 Å². The van der Waals surface area contributed by atoms with E-state index < -0.39 is 0 Å². The number of hydrogen-bond acceptors (Lipinski definition) is 2. The van der Waals surface area contributed by atoms with Gasteiger partial charge in [0.15, 0.2) is 0 Å². The Morgan fingerprint density at radius 1 is 1.26 bits per heavy atom. The van der Waals surface area contributed by atoms with Crippen LogP contribution in [0.4, 0.5) is 0 Å². The van der Waals surface area contributed by atoms with E-state index in [0.717, 1.165) is 31.4 Å². The van der Waals surface area contributed by atoms with Crippen LogP contribution in [0, 0.1) is 11.3 Å². The van der Waals surface area contributed by atoms with Crippen LogP contribution in [0.25, 0.3) is 0 Å². The van der Waals surface area contributed by atoms with Crippen LogP contribution in [-0.4, -0.2) is 12.9 Å². The highest BCUT2D eigenvalue weighted by Crippen LogP contribution is 2.56. The van der Waals surface area contributed by atoms with Crippen molar-refractivity contribution in [3.63, 3.8) is 0 Å². The SMILES string of the molecule is COc1ccc2c(c1)CC(=O)C1(CC3=CCC1C3)C2. The van der Waals surface area contributed by atoms with Crippen molar-refractivity contribution < 1.29 is 9.53 Å². The summed E-state index contributed by atoms with van der Waals surface area (Å²) in [7, 11) is 1.68. The molecule has 0 heterocycles. The van der Waals surface area contributed by atoms with E-state index in [9.17, 15) is 4.79 Å². The maximum absolute atomic E-state index is 12.7. The molecule has 2 nitrogen and oxygen atoms in total. The fourth-order valence-electron chi connectivity index (χ4n) is 4.29. The van der Waals surface area contributed by atoms with Crippen LogP contribution in [0.1, 0.15) is 30.4 Å². The number of carbonyl (C=O) groups is 1. The van der Waals surface area contributed by atoms with E-state index in [1.807, 2.05) is 12.1 Å². The second kappa shape index (κ2) is 3.72. The summed E-state index contributed by atoms with van der Waals surface area (Å²) < 4.78 is 5.26. The van der Waals surface area contributed by atoms with E-state index in [2.05, 4.69) is 12.1 Å². The molecule has 1 spiro atoms. The first-order chi connectivity index (χ1) is 9.21. The molecular weight excluding hydrogens is 236 g/mol. The zero-order valence-corrected chi connectivity index (χ0v) is 11.2. The summed E-state index contributed by atoms with van der Waals surface area (Å²) in [5.74, 6) is 1.89. The Morgan fingerprint density at radius 3 is 2.84 bits per heavy atom. The number of rotatable bonds is 1. The molecule has 2 atom stereocenters. The maximum atomic E-state index is 12.7. The zero-order valence-electron chi connectivity index (χ0n) is 11.2. The third-order valence-electron chi connectivity index (χ3n) is 5.35. The lowest BCUT2D eigenvalue weighted by molar-refractivity contribution is -0.131. The first-order valence-electron chi connectivity index (χ1n) is 7.08. The fraction of sp³-hybridized carbons (Fsp3) is 0.471. The maximum Gasteiger partial charge on any atom is 0.144 e. The molecule has 1 saturated carbocycles. The highest BCUT2D eigenvalue weighted by atomic mass is 16.5. The van der Waals surface area contributed by atoms with Crippen LogP contribution in [0.2, 0.25) is 0 Å². The van der Waals surface area contributed by atoms with Crippen LogP contribution >= 0.6 is 0 Å². The molecule has 1 fully saturated rings. The molecule has 19 heavy (non-hydrogen) atoms. The first kappa shape index (κ1) is 11.3. The second-order valence-electron chi connectivity index (χ2n) is 6.24. The largest absolute Gasteiger partial charge is 0.497 e. The number of Topliss-reactive ketones (excluding diaryl/α,β-unsaturated/α-hetero) is 1. The fourth-order valence-corrected chi connectivity index (χ4v) is 4.29.